The summed E-state index contributed by atoms with van der Waals surface area (Å²) in [5, 5.41) is 8.14. The van der Waals surface area contributed by atoms with Crippen molar-refractivity contribution in [3.63, 3.8) is 0 Å². The second-order valence-corrected chi connectivity index (χ2v) is 11.0. The van der Waals surface area contributed by atoms with Gasteiger partial charge in [0.25, 0.3) is 0 Å². The van der Waals surface area contributed by atoms with Crippen LogP contribution in [0.15, 0.2) is 63.2 Å². The maximum absolute atomic E-state index is 8.14. The Kier molecular flexibility index (Phi) is 24.1. The highest BCUT2D eigenvalue weighted by Gasteiger charge is 2.09. The van der Waals surface area contributed by atoms with E-state index in [4.69, 9.17) is 15.8 Å². The molecule has 0 aliphatic heterocycles. The Morgan fingerprint density at radius 3 is 2.17 bits per heavy atom. The molecule has 0 aliphatic rings. The van der Waals surface area contributed by atoms with Crippen molar-refractivity contribution in [3.05, 3.63) is 69.4 Å². The second kappa shape index (κ2) is 23.7. The Hall–Kier alpha value is -1.65. The molecule has 0 radical (unpaired) electrons. The number of hydrogen-bond donors (Lipinski definition) is 2. The minimum absolute atomic E-state index is 0.306. The van der Waals surface area contributed by atoms with Crippen LogP contribution in [0.4, 0.5) is 0 Å². The molecule has 0 aromatic heterocycles. The van der Waals surface area contributed by atoms with E-state index in [1.54, 1.807) is 0 Å². The minimum atomic E-state index is 0.306. The summed E-state index contributed by atoms with van der Waals surface area (Å²) in [6.45, 7) is 19.9. The van der Waals surface area contributed by atoms with Crippen LogP contribution in [0.25, 0.3) is 0 Å². The first-order valence-corrected chi connectivity index (χ1v) is 14.5. The van der Waals surface area contributed by atoms with Crippen LogP contribution in [-0.4, -0.2) is 24.0 Å². The average molecular weight is 564 g/mol. The van der Waals surface area contributed by atoms with Gasteiger partial charge in [0.05, 0.1) is 12.3 Å². The Morgan fingerprint density at radius 1 is 1.06 bits per heavy atom. The lowest BCUT2D eigenvalue weighted by Gasteiger charge is -2.11. The minimum Gasteiger partial charge on any atom is -0.402 e. The van der Waals surface area contributed by atoms with Crippen LogP contribution >= 0.6 is 15.9 Å². The summed E-state index contributed by atoms with van der Waals surface area (Å²) in [6.07, 6.45) is 16.4. The third kappa shape index (κ3) is 21.6. The maximum atomic E-state index is 8.14. The first-order chi connectivity index (χ1) is 17.0. The summed E-state index contributed by atoms with van der Waals surface area (Å²) in [7, 11) is 0. The van der Waals surface area contributed by atoms with Gasteiger partial charge in [0, 0.05) is 22.3 Å². The Bertz CT molecular complexity index is 800. The van der Waals surface area contributed by atoms with Gasteiger partial charge >= 0.3 is 0 Å². The molecule has 1 rings (SSSR count). The predicted octanol–water partition coefficient (Wildman–Crippen LogP) is 9.57. The van der Waals surface area contributed by atoms with E-state index in [0.29, 0.717) is 19.1 Å². The molecule has 4 heteroatoms. The topological polar surface area (TPSA) is 58.6 Å². The molecule has 0 fully saturated rings. The van der Waals surface area contributed by atoms with Crippen molar-refractivity contribution >= 4 is 21.6 Å². The van der Waals surface area contributed by atoms with E-state index in [9.17, 15) is 0 Å². The van der Waals surface area contributed by atoms with Gasteiger partial charge in [-0.1, -0.05) is 114 Å². The van der Waals surface area contributed by atoms with E-state index in [2.05, 4.69) is 93.9 Å². The number of benzene rings is 1. The van der Waals surface area contributed by atoms with E-state index >= 15 is 0 Å². The highest BCUT2D eigenvalue weighted by Crippen LogP contribution is 2.20. The van der Waals surface area contributed by atoms with Crippen molar-refractivity contribution in [1.82, 2.24) is 0 Å². The molecule has 0 bridgehead atoms. The van der Waals surface area contributed by atoms with E-state index in [0.717, 1.165) is 39.4 Å². The van der Waals surface area contributed by atoms with Crippen molar-refractivity contribution in [1.29, 1.82) is 0 Å². The monoisotopic (exact) mass is 562 g/mol. The number of halogens is 1. The molecule has 3 nitrogen and oxygen atoms in total. The second-order valence-electron chi connectivity index (χ2n) is 10.1. The highest BCUT2D eigenvalue weighted by atomic mass is 79.9. The number of nitrogens with two attached hydrogens (primary N) is 1. The number of aliphatic hydroxyl groups excluding tert-OH is 1. The van der Waals surface area contributed by atoms with Gasteiger partial charge in [-0.15, -0.1) is 0 Å². The molecule has 1 aromatic rings. The van der Waals surface area contributed by atoms with E-state index in [-0.39, 0.29) is 0 Å². The van der Waals surface area contributed by atoms with Crippen molar-refractivity contribution in [2.75, 3.05) is 13.2 Å². The Balaban J connectivity index is 0. The maximum Gasteiger partial charge on any atom is 0.0682 e. The average Bonchev–Trinajstić information content (AvgIpc) is 2.81. The molecule has 36 heavy (non-hydrogen) atoms. The van der Waals surface area contributed by atoms with Gasteiger partial charge in [-0.05, 0) is 68.4 Å². The van der Waals surface area contributed by atoms with Crippen molar-refractivity contribution in [3.8, 4) is 0 Å². The zero-order valence-electron chi connectivity index (χ0n) is 24.7. The fourth-order valence-electron chi connectivity index (χ4n) is 3.00. The Morgan fingerprint density at radius 2 is 1.69 bits per heavy atom. The molecule has 0 atom stereocenters. The zero-order chi connectivity index (χ0) is 27.9. The van der Waals surface area contributed by atoms with Crippen LogP contribution in [0, 0.1) is 18.8 Å². The van der Waals surface area contributed by atoms with Crippen LogP contribution in [0.5, 0.6) is 0 Å². The van der Waals surface area contributed by atoms with Crippen molar-refractivity contribution < 1.29 is 5.11 Å². The lowest BCUT2D eigenvalue weighted by molar-refractivity contribution is 0.248. The quantitative estimate of drug-likeness (QED) is 0.151. The number of rotatable bonds is 12. The van der Waals surface area contributed by atoms with Gasteiger partial charge in [-0.25, -0.2) is 0 Å². The first kappa shape index (κ1) is 36.5. The molecule has 0 spiro atoms. The summed E-state index contributed by atoms with van der Waals surface area (Å²) in [6, 6.07) is 6.28. The van der Waals surface area contributed by atoms with E-state index in [1.807, 2.05) is 26.8 Å². The molecule has 0 heterocycles. The Labute approximate surface area is 232 Å². The van der Waals surface area contributed by atoms with Crippen LogP contribution in [0.2, 0.25) is 0 Å². The van der Waals surface area contributed by atoms with Gasteiger partial charge in [0.2, 0.25) is 0 Å². The summed E-state index contributed by atoms with van der Waals surface area (Å²) in [5.41, 5.74) is 11.0. The number of nitrogens with zero attached hydrogens (tertiary/aromatic N) is 1. The number of aryl methyl sites for hydroxylation is 1. The summed E-state index contributed by atoms with van der Waals surface area (Å²) in [5.74, 6) is 1.34. The van der Waals surface area contributed by atoms with Crippen LogP contribution in [0.1, 0.15) is 105 Å². The van der Waals surface area contributed by atoms with Gasteiger partial charge < -0.3 is 10.8 Å². The molecular weight excluding hydrogens is 508 g/mol. The normalized spacial score (nSPS) is 12.5. The number of aliphatic imine (C=N–C) groups is 1. The number of aliphatic hydroxyl groups is 1. The smallest absolute Gasteiger partial charge is 0.0682 e. The fourth-order valence-corrected chi connectivity index (χ4v) is 3.48. The molecule has 0 aliphatic carbocycles. The predicted molar refractivity (Wildman–Crippen MR) is 167 cm³/mol. The first-order valence-electron chi connectivity index (χ1n) is 13.7. The largest absolute Gasteiger partial charge is 0.402 e. The van der Waals surface area contributed by atoms with Crippen molar-refractivity contribution in [2.24, 2.45) is 22.6 Å². The summed E-state index contributed by atoms with van der Waals surface area (Å²) < 4.78 is 1.08. The SMILES string of the molecule is CC(C)CO.CC/C=C\C=C(/C)C(=NC/C=C(\C)N)c1ccc(Br)cc1C.CCCCCCC(C)C. The number of hydrogen-bond acceptors (Lipinski definition) is 3. The summed E-state index contributed by atoms with van der Waals surface area (Å²) >= 11 is 3.51. The van der Waals surface area contributed by atoms with E-state index < -0.39 is 0 Å². The van der Waals surface area contributed by atoms with Gasteiger partial charge in [-0.3, -0.25) is 4.99 Å². The standard InChI is InChI=1S/C19H25BrN2.C9H20.C4H10O/c1-5-6-7-8-14(2)19(22-12-11-16(4)21)18-10-9-17(20)13-15(18)3;1-4-5-6-7-8-9(2)3;1-4(2)3-5/h6-11,13H,5,12,21H2,1-4H3;9H,4-8H2,1-3H3;4-5H,3H2,1-2H3/b7-6-,14-8+,16-11+,22-19?;;. The van der Waals surface area contributed by atoms with Crippen LogP contribution in [-0.2, 0) is 0 Å². The number of allylic oxidation sites excluding steroid dienone is 5. The third-order valence-corrected chi connectivity index (χ3v) is 5.69. The van der Waals surface area contributed by atoms with Gasteiger partial charge in [0.15, 0.2) is 0 Å². The van der Waals surface area contributed by atoms with Crippen LogP contribution < -0.4 is 5.73 Å². The number of unbranched alkanes of at least 4 members (excludes halogenated alkanes) is 3. The van der Waals surface area contributed by atoms with Gasteiger partial charge in [-0.2, -0.15) is 0 Å². The third-order valence-electron chi connectivity index (χ3n) is 5.20. The molecule has 0 unspecified atom stereocenters. The van der Waals surface area contributed by atoms with Gasteiger partial charge in [0.1, 0.15) is 0 Å². The lowest BCUT2D eigenvalue weighted by Crippen LogP contribution is -2.06. The van der Waals surface area contributed by atoms with Crippen LogP contribution in [0.3, 0.4) is 0 Å². The molecule has 206 valence electrons. The molecule has 1 aromatic carbocycles. The molecule has 3 N–H and O–H groups in total. The zero-order valence-corrected chi connectivity index (χ0v) is 26.3. The molecular formula is C32H55BrN2O. The highest BCUT2D eigenvalue weighted by molar-refractivity contribution is 9.10. The molecule has 0 saturated carbocycles. The molecule has 0 amide bonds. The van der Waals surface area contributed by atoms with E-state index in [1.165, 1.54) is 37.7 Å². The lowest BCUT2D eigenvalue weighted by atomic mass is 9.98. The fraction of sp³-hybridized carbons (Fsp3) is 0.594. The summed E-state index contributed by atoms with van der Waals surface area (Å²) in [4.78, 5) is 4.75. The molecule has 0 saturated heterocycles. The van der Waals surface area contributed by atoms with Crippen molar-refractivity contribution in [2.45, 2.75) is 101 Å².